The number of hydrogen-bond donors (Lipinski definition) is 3. The number of aromatic nitrogens is 4. The molecular formula is C19H22N8. The maximum atomic E-state index is 6.19. The van der Waals surface area contributed by atoms with Gasteiger partial charge in [0.1, 0.15) is 17.3 Å². The summed E-state index contributed by atoms with van der Waals surface area (Å²) in [4.78, 5) is 13.3. The van der Waals surface area contributed by atoms with Gasteiger partial charge in [-0.25, -0.2) is 4.68 Å². The Morgan fingerprint density at radius 1 is 1.22 bits per heavy atom. The number of aliphatic imine (C=N–C) groups is 1. The highest BCUT2D eigenvalue weighted by molar-refractivity contribution is 6.05. The van der Waals surface area contributed by atoms with Crippen LogP contribution in [-0.2, 0) is 6.42 Å². The van der Waals surface area contributed by atoms with Gasteiger partial charge < -0.3 is 16.8 Å². The Balaban J connectivity index is 1.63. The van der Waals surface area contributed by atoms with Gasteiger partial charge in [-0.3, -0.25) is 4.99 Å². The van der Waals surface area contributed by atoms with Crippen LogP contribution in [0, 0.1) is 0 Å². The molecule has 3 aromatic rings. The van der Waals surface area contributed by atoms with E-state index >= 15 is 0 Å². The molecule has 0 spiro atoms. The summed E-state index contributed by atoms with van der Waals surface area (Å²) in [6.45, 7) is 4.10. The summed E-state index contributed by atoms with van der Waals surface area (Å²) in [5.74, 6) is 1.56. The summed E-state index contributed by atoms with van der Waals surface area (Å²) < 4.78 is 1.85. The van der Waals surface area contributed by atoms with Crippen molar-refractivity contribution < 1.29 is 0 Å². The molecule has 27 heavy (non-hydrogen) atoms. The molecule has 0 unspecified atom stereocenters. The number of rotatable bonds is 3. The fraction of sp³-hybridized carbons (Fsp3) is 0.368. The van der Waals surface area contributed by atoms with E-state index in [1.165, 1.54) is 18.4 Å². The minimum atomic E-state index is 0.125. The summed E-state index contributed by atoms with van der Waals surface area (Å²) in [7, 11) is 0. The second kappa shape index (κ2) is 5.67. The van der Waals surface area contributed by atoms with E-state index in [0.29, 0.717) is 17.5 Å². The highest BCUT2D eigenvalue weighted by Gasteiger charge is 2.25. The molecule has 8 nitrogen and oxygen atoms in total. The average molecular weight is 362 g/mol. The van der Waals surface area contributed by atoms with Gasteiger partial charge in [0.2, 0.25) is 5.95 Å². The Kier molecular flexibility index (Phi) is 3.37. The van der Waals surface area contributed by atoms with Gasteiger partial charge in [0.05, 0.1) is 11.4 Å². The monoisotopic (exact) mass is 362 g/mol. The minimum absolute atomic E-state index is 0.125. The fourth-order valence-corrected chi connectivity index (χ4v) is 3.52. The highest BCUT2D eigenvalue weighted by atomic mass is 15.3. The molecule has 2 aromatic heterocycles. The van der Waals surface area contributed by atoms with Crippen molar-refractivity contribution in [2.75, 3.05) is 16.8 Å². The third-order valence-electron chi connectivity index (χ3n) is 4.99. The standard InChI is InChI=1S/C19H22N8/c1-9(2)27-18-15(17(20)24-19(21)25-18)16(26-27)11-4-3-10-8-14(22-12-5-6-12)23-13(10)7-11/h3-4,7,9,12H,5-6,8H2,1-2H3,(H,22,23)(H4,20,21,24,25). The second-order valence-electron chi connectivity index (χ2n) is 7.53. The van der Waals surface area contributed by atoms with E-state index < -0.39 is 0 Å². The highest BCUT2D eigenvalue weighted by Crippen LogP contribution is 2.36. The van der Waals surface area contributed by atoms with Gasteiger partial charge in [-0.05, 0) is 38.3 Å². The number of nitrogens with zero attached hydrogens (tertiary/aromatic N) is 5. The van der Waals surface area contributed by atoms with E-state index in [9.17, 15) is 0 Å². The predicted octanol–water partition coefficient (Wildman–Crippen LogP) is 2.77. The van der Waals surface area contributed by atoms with Crippen LogP contribution in [0.15, 0.2) is 23.2 Å². The smallest absolute Gasteiger partial charge is 0.224 e. The van der Waals surface area contributed by atoms with E-state index in [-0.39, 0.29) is 12.0 Å². The Morgan fingerprint density at radius 2 is 2.04 bits per heavy atom. The second-order valence-corrected chi connectivity index (χ2v) is 7.53. The Hall–Kier alpha value is -3.16. The van der Waals surface area contributed by atoms with Crippen LogP contribution in [0.2, 0.25) is 0 Å². The predicted molar refractivity (Wildman–Crippen MR) is 108 cm³/mol. The minimum Gasteiger partial charge on any atom is -0.383 e. The SMILES string of the molecule is CC(C)n1nc(-c2ccc3c(c2)NC(=NC2CC2)C3)c2c(N)nc(N)nc21. The average Bonchev–Trinajstić information content (AvgIpc) is 3.19. The summed E-state index contributed by atoms with van der Waals surface area (Å²) in [5.41, 5.74) is 16.7. The summed E-state index contributed by atoms with van der Waals surface area (Å²) in [6, 6.07) is 6.94. The lowest BCUT2D eigenvalue weighted by molar-refractivity contribution is 0.548. The van der Waals surface area contributed by atoms with Crippen molar-refractivity contribution >= 4 is 34.3 Å². The largest absolute Gasteiger partial charge is 0.383 e. The Bertz CT molecular complexity index is 1090. The Labute approximate surface area is 156 Å². The van der Waals surface area contributed by atoms with Gasteiger partial charge in [-0.1, -0.05) is 12.1 Å². The lowest BCUT2D eigenvalue weighted by Crippen LogP contribution is -2.07. The Morgan fingerprint density at radius 3 is 2.78 bits per heavy atom. The topological polar surface area (TPSA) is 120 Å². The van der Waals surface area contributed by atoms with Crippen LogP contribution in [0.1, 0.15) is 38.3 Å². The van der Waals surface area contributed by atoms with Crippen LogP contribution in [0.3, 0.4) is 0 Å². The zero-order valence-corrected chi connectivity index (χ0v) is 15.4. The van der Waals surface area contributed by atoms with Crippen LogP contribution < -0.4 is 16.8 Å². The summed E-state index contributed by atoms with van der Waals surface area (Å²) in [6.07, 6.45) is 3.26. The van der Waals surface area contributed by atoms with E-state index in [4.69, 9.17) is 21.6 Å². The molecule has 1 saturated carbocycles. The van der Waals surface area contributed by atoms with Crippen LogP contribution in [0.5, 0.6) is 0 Å². The molecule has 3 heterocycles. The molecule has 1 aliphatic carbocycles. The molecule has 1 fully saturated rings. The molecule has 0 saturated heterocycles. The van der Waals surface area contributed by atoms with Crippen molar-refractivity contribution in [2.45, 2.75) is 45.2 Å². The van der Waals surface area contributed by atoms with Crippen LogP contribution in [0.4, 0.5) is 17.5 Å². The van der Waals surface area contributed by atoms with E-state index in [0.717, 1.165) is 34.6 Å². The van der Waals surface area contributed by atoms with Gasteiger partial charge in [0.25, 0.3) is 0 Å². The first-order valence-electron chi connectivity index (χ1n) is 9.28. The molecule has 8 heteroatoms. The maximum absolute atomic E-state index is 6.19. The van der Waals surface area contributed by atoms with Crippen molar-refractivity contribution in [1.29, 1.82) is 0 Å². The molecular weight excluding hydrogens is 340 g/mol. The van der Waals surface area contributed by atoms with Crippen molar-refractivity contribution in [3.8, 4) is 11.3 Å². The number of benzene rings is 1. The summed E-state index contributed by atoms with van der Waals surface area (Å²) in [5, 5.41) is 8.97. The molecule has 0 bridgehead atoms. The van der Waals surface area contributed by atoms with E-state index in [2.05, 4.69) is 47.3 Å². The summed E-state index contributed by atoms with van der Waals surface area (Å²) >= 11 is 0. The van der Waals surface area contributed by atoms with Crippen molar-refractivity contribution in [1.82, 2.24) is 19.7 Å². The third kappa shape index (κ3) is 2.68. The zero-order chi connectivity index (χ0) is 18.7. The van der Waals surface area contributed by atoms with Gasteiger partial charge in [-0.2, -0.15) is 15.1 Å². The number of hydrogen-bond acceptors (Lipinski definition) is 6. The van der Waals surface area contributed by atoms with Gasteiger partial charge >= 0.3 is 0 Å². The van der Waals surface area contributed by atoms with Crippen molar-refractivity contribution in [3.05, 3.63) is 23.8 Å². The first-order valence-corrected chi connectivity index (χ1v) is 9.28. The van der Waals surface area contributed by atoms with Crippen LogP contribution in [0.25, 0.3) is 22.3 Å². The molecule has 5 rings (SSSR count). The van der Waals surface area contributed by atoms with Crippen LogP contribution >= 0.6 is 0 Å². The van der Waals surface area contributed by atoms with E-state index in [1.54, 1.807) is 0 Å². The molecule has 0 radical (unpaired) electrons. The quantitative estimate of drug-likeness (QED) is 0.659. The van der Waals surface area contributed by atoms with E-state index in [1.807, 2.05) is 4.68 Å². The zero-order valence-electron chi connectivity index (χ0n) is 15.4. The third-order valence-corrected chi connectivity index (χ3v) is 4.99. The number of nitrogens with one attached hydrogen (secondary N) is 1. The molecule has 0 amide bonds. The number of nitrogen functional groups attached to an aromatic ring is 2. The lowest BCUT2D eigenvalue weighted by atomic mass is 10.1. The number of anilines is 3. The molecule has 5 N–H and O–H groups in total. The van der Waals surface area contributed by atoms with Crippen molar-refractivity contribution in [2.24, 2.45) is 4.99 Å². The first-order chi connectivity index (χ1) is 13.0. The van der Waals surface area contributed by atoms with Gasteiger partial charge in [0.15, 0.2) is 5.65 Å². The first kappa shape index (κ1) is 16.0. The normalized spacial score (nSPS) is 17.7. The molecule has 0 atom stereocenters. The molecule has 1 aliphatic heterocycles. The van der Waals surface area contributed by atoms with Gasteiger partial charge in [-0.15, -0.1) is 0 Å². The maximum Gasteiger partial charge on any atom is 0.224 e. The molecule has 1 aromatic carbocycles. The van der Waals surface area contributed by atoms with Gasteiger partial charge in [0, 0.05) is 23.7 Å². The lowest BCUT2D eigenvalue weighted by Gasteiger charge is -2.06. The molecule has 2 aliphatic rings. The fourth-order valence-electron chi connectivity index (χ4n) is 3.52. The number of amidine groups is 1. The number of nitrogens with two attached hydrogens (primary N) is 2. The van der Waals surface area contributed by atoms with Crippen molar-refractivity contribution in [3.63, 3.8) is 0 Å². The number of fused-ring (bicyclic) bond motifs is 2. The molecule has 138 valence electrons. The van der Waals surface area contributed by atoms with Crippen LogP contribution in [-0.4, -0.2) is 31.6 Å².